The van der Waals surface area contributed by atoms with E-state index in [4.69, 9.17) is 9.97 Å². The SMILES string of the molecule is CCCc1nc2c(C)cc(-c3cn4ccccc4n3)cc2n1Cc1ccc(-c2ccccc2C(=O)O)cc1. The molecule has 0 aliphatic rings. The van der Waals surface area contributed by atoms with Crippen molar-refractivity contribution in [3.63, 3.8) is 0 Å². The third-order valence-corrected chi connectivity index (χ3v) is 7.02. The number of aromatic nitrogens is 4. The Kier molecular flexibility index (Phi) is 6.00. The van der Waals surface area contributed by atoms with Crippen molar-refractivity contribution in [1.82, 2.24) is 18.9 Å². The minimum Gasteiger partial charge on any atom is -0.478 e. The topological polar surface area (TPSA) is 72.4 Å². The number of nitrogens with zero attached hydrogens (tertiary/aromatic N) is 4. The number of fused-ring (bicyclic) bond motifs is 2. The van der Waals surface area contributed by atoms with E-state index >= 15 is 0 Å². The fraction of sp³-hybridized carbons (Fsp3) is 0.156. The van der Waals surface area contributed by atoms with Gasteiger partial charge in [0, 0.05) is 30.9 Å². The number of aromatic carboxylic acids is 1. The van der Waals surface area contributed by atoms with E-state index in [1.54, 1.807) is 12.1 Å². The van der Waals surface area contributed by atoms with E-state index in [9.17, 15) is 9.90 Å². The van der Waals surface area contributed by atoms with Gasteiger partial charge in [-0.15, -0.1) is 0 Å². The molecule has 0 amide bonds. The van der Waals surface area contributed by atoms with E-state index in [0.717, 1.165) is 68.9 Å². The normalized spacial score (nSPS) is 11.4. The zero-order valence-corrected chi connectivity index (χ0v) is 21.4. The summed E-state index contributed by atoms with van der Waals surface area (Å²) in [4.78, 5) is 21.6. The highest BCUT2D eigenvalue weighted by molar-refractivity contribution is 5.96. The molecule has 0 aliphatic heterocycles. The van der Waals surface area contributed by atoms with Crippen molar-refractivity contribution < 1.29 is 9.90 Å². The Morgan fingerprint density at radius 1 is 0.921 bits per heavy atom. The van der Waals surface area contributed by atoms with Gasteiger partial charge in [-0.1, -0.05) is 55.5 Å². The first kappa shape index (κ1) is 23.7. The van der Waals surface area contributed by atoms with Crippen LogP contribution in [0, 0.1) is 6.92 Å². The number of imidazole rings is 2. The zero-order valence-electron chi connectivity index (χ0n) is 21.4. The second-order valence-electron chi connectivity index (χ2n) is 9.66. The molecular weight excluding hydrogens is 472 g/mol. The van der Waals surface area contributed by atoms with Crippen LogP contribution in [0.25, 0.3) is 39.1 Å². The minimum absolute atomic E-state index is 0.307. The predicted molar refractivity (Wildman–Crippen MR) is 151 cm³/mol. The minimum atomic E-state index is -0.921. The smallest absolute Gasteiger partial charge is 0.336 e. The molecule has 0 saturated heterocycles. The number of pyridine rings is 1. The molecule has 3 aromatic carbocycles. The molecular formula is C32H28N4O2. The average molecular weight is 501 g/mol. The number of rotatable bonds is 7. The van der Waals surface area contributed by atoms with Crippen LogP contribution in [0.2, 0.25) is 0 Å². The molecule has 38 heavy (non-hydrogen) atoms. The Morgan fingerprint density at radius 2 is 1.71 bits per heavy atom. The van der Waals surface area contributed by atoms with Gasteiger partial charge in [0.05, 0.1) is 22.3 Å². The Hall–Kier alpha value is -4.71. The lowest BCUT2D eigenvalue weighted by Gasteiger charge is -2.12. The number of carboxylic acids is 1. The molecule has 3 aromatic heterocycles. The van der Waals surface area contributed by atoms with Crippen LogP contribution >= 0.6 is 0 Å². The average Bonchev–Trinajstić information content (AvgIpc) is 3.51. The molecule has 0 unspecified atom stereocenters. The summed E-state index contributed by atoms with van der Waals surface area (Å²) in [6.07, 6.45) is 5.98. The predicted octanol–water partition coefficient (Wildman–Crippen LogP) is 7.03. The van der Waals surface area contributed by atoms with Gasteiger partial charge < -0.3 is 14.1 Å². The summed E-state index contributed by atoms with van der Waals surface area (Å²) in [5, 5.41) is 9.59. The van der Waals surface area contributed by atoms with Crippen molar-refractivity contribution in [3.05, 3.63) is 114 Å². The Balaban J connectivity index is 1.40. The Labute approximate surface area is 220 Å². The summed E-state index contributed by atoms with van der Waals surface area (Å²) in [5.41, 5.74) is 9.23. The van der Waals surface area contributed by atoms with Crippen molar-refractivity contribution in [2.45, 2.75) is 33.2 Å². The van der Waals surface area contributed by atoms with Gasteiger partial charge in [0.25, 0.3) is 0 Å². The molecule has 0 bridgehead atoms. The maximum atomic E-state index is 11.7. The molecule has 0 spiro atoms. The van der Waals surface area contributed by atoms with E-state index in [-0.39, 0.29) is 0 Å². The number of benzene rings is 3. The first-order valence-corrected chi connectivity index (χ1v) is 12.9. The number of hydrogen-bond donors (Lipinski definition) is 1. The standard InChI is InChI=1S/C32H28N4O2/c1-3-8-30-34-31-21(2)17-24(27-20-35-16-7-6-11-29(35)33-27)18-28(31)36(30)19-22-12-14-23(15-13-22)25-9-4-5-10-26(25)32(37)38/h4-7,9-18,20H,3,8,19H2,1-2H3,(H,37,38). The number of hydrogen-bond acceptors (Lipinski definition) is 3. The van der Waals surface area contributed by atoms with Crippen molar-refractivity contribution in [2.24, 2.45) is 0 Å². The van der Waals surface area contributed by atoms with Gasteiger partial charge in [-0.25, -0.2) is 14.8 Å². The van der Waals surface area contributed by atoms with Crippen molar-refractivity contribution in [2.75, 3.05) is 0 Å². The van der Waals surface area contributed by atoms with Gasteiger partial charge in [-0.3, -0.25) is 0 Å². The molecule has 0 saturated carbocycles. The van der Waals surface area contributed by atoms with Crippen LogP contribution in [-0.4, -0.2) is 30.0 Å². The van der Waals surface area contributed by atoms with E-state index in [2.05, 4.69) is 48.9 Å². The van der Waals surface area contributed by atoms with Crippen LogP contribution in [0.4, 0.5) is 0 Å². The van der Waals surface area contributed by atoms with Crippen molar-refractivity contribution in [3.8, 4) is 22.4 Å². The molecule has 6 heteroatoms. The summed E-state index contributed by atoms with van der Waals surface area (Å²) in [5.74, 6) is 0.147. The van der Waals surface area contributed by atoms with Crippen molar-refractivity contribution >= 4 is 22.6 Å². The van der Waals surface area contributed by atoms with Crippen LogP contribution in [0.1, 0.15) is 40.7 Å². The van der Waals surface area contributed by atoms with Gasteiger partial charge in [0.2, 0.25) is 0 Å². The van der Waals surface area contributed by atoms with Crippen LogP contribution in [0.5, 0.6) is 0 Å². The highest BCUT2D eigenvalue weighted by Crippen LogP contribution is 2.30. The lowest BCUT2D eigenvalue weighted by atomic mass is 9.98. The summed E-state index contributed by atoms with van der Waals surface area (Å²) < 4.78 is 4.35. The fourth-order valence-electron chi connectivity index (χ4n) is 5.15. The van der Waals surface area contributed by atoms with Crippen LogP contribution in [0.15, 0.2) is 91.3 Å². The van der Waals surface area contributed by atoms with E-state index < -0.39 is 5.97 Å². The van der Waals surface area contributed by atoms with E-state index in [0.29, 0.717) is 12.1 Å². The first-order chi connectivity index (χ1) is 18.5. The monoisotopic (exact) mass is 500 g/mol. The summed E-state index contributed by atoms with van der Waals surface area (Å²) in [6.45, 7) is 4.97. The van der Waals surface area contributed by atoms with Gasteiger partial charge in [0.15, 0.2) is 0 Å². The maximum absolute atomic E-state index is 11.7. The lowest BCUT2D eigenvalue weighted by molar-refractivity contribution is 0.0697. The van der Waals surface area contributed by atoms with Gasteiger partial charge >= 0.3 is 5.97 Å². The van der Waals surface area contributed by atoms with E-state index in [1.165, 1.54) is 0 Å². The highest BCUT2D eigenvalue weighted by Gasteiger charge is 2.16. The Morgan fingerprint density at radius 3 is 2.47 bits per heavy atom. The molecule has 0 radical (unpaired) electrons. The van der Waals surface area contributed by atoms with E-state index in [1.807, 2.05) is 53.1 Å². The first-order valence-electron chi connectivity index (χ1n) is 12.9. The molecule has 0 atom stereocenters. The maximum Gasteiger partial charge on any atom is 0.336 e. The molecule has 6 nitrogen and oxygen atoms in total. The van der Waals surface area contributed by atoms with Gasteiger partial charge in [-0.05, 0) is 65.9 Å². The van der Waals surface area contributed by atoms with Crippen LogP contribution in [-0.2, 0) is 13.0 Å². The second-order valence-corrected chi connectivity index (χ2v) is 9.66. The third-order valence-electron chi connectivity index (χ3n) is 7.02. The second kappa shape index (κ2) is 9.63. The third kappa shape index (κ3) is 4.24. The molecule has 188 valence electrons. The molecule has 6 rings (SSSR count). The number of carboxylic acid groups (broad SMARTS) is 1. The van der Waals surface area contributed by atoms with Gasteiger partial charge in [0.1, 0.15) is 11.5 Å². The molecule has 0 fully saturated rings. The lowest BCUT2D eigenvalue weighted by Crippen LogP contribution is -2.05. The summed E-state index contributed by atoms with van der Waals surface area (Å²) in [6, 6.07) is 25.7. The number of carbonyl (C=O) groups is 1. The highest BCUT2D eigenvalue weighted by atomic mass is 16.4. The number of aryl methyl sites for hydroxylation is 2. The quantitative estimate of drug-likeness (QED) is 0.256. The fourth-order valence-corrected chi connectivity index (χ4v) is 5.15. The summed E-state index contributed by atoms with van der Waals surface area (Å²) >= 11 is 0. The van der Waals surface area contributed by atoms with Crippen LogP contribution in [0.3, 0.4) is 0 Å². The largest absolute Gasteiger partial charge is 0.478 e. The summed E-state index contributed by atoms with van der Waals surface area (Å²) in [7, 11) is 0. The zero-order chi connectivity index (χ0) is 26.2. The molecule has 6 aromatic rings. The molecule has 0 aliphatic carbocycles. The molecule has 1 N–H and O–H groups in total. The van der Waals surface area contributed by atoms with Crippen molar-refractivity contribution in [1.29, 1.82) is 0 Å². The van der Waals surface area contributed by atoms with Gasteiger partial charge in [-0.2, -0.15) is 0 Å². The van der Waals surface area contributed by atoms with Crippen LogP contribution < -0.4 is 0 Å². The molecule has 3 heterocycles. The Bertz CT molecular complexity index is 1760.